The van der Waals surface area contributed by atoms with Crippen molar-refractivity contribution in [1.29, 1.82) is 5.26 Å². The van der Waals surface area contributed by atoms with Crippen LogP contribution in [0, 0.1) is 17.2 Å². The van der Waals surface area contributed by atoms with Crippen LogP contribution >= 0.6 is 11.5 Å². The zero-order chi connectivity index (χ0) is 12.8. The van der Waals surface area contributed by atoms with Gasteiger partial charge in [-0.1, -0.05) is 13.8 Å². The molecule has 3 N–H and O–H groups in total. The largest absolute Gasteiger partial charge is 0.382 e. The van der Waals surface area contributed by atoms with E-state index in [0.29, 0.717) is 30.5 Å². The van der Waals surface area contributed by atoms with Gasteiger partial charge < -0.3 is 15.8 Å². The van der Waals surface area contributed by atoms with Crippen LogP contribution in [0.25, 0.3) is 0 Å². The highest BCUT2D eigenvalue weighted by atomic mass is 32.1. The number of ether oxygens (including phenoxy) is 1. The number of hydrogen-bond acceptors (Lipinski definition) is 6. The van der Waals surface area contributed by atoms with Crippen molar-refractivity contribution in [2.24, 2.45) is 5.92 Å². The summed E-state index contributed by atoms with van der Waals surface area (Å²) in [5, 5.41) is 13.0. The number of nitrogens with one attached hydrogen (secondary N) is 1. The van der Waals surface area contributed by atoms with E-state index in [2.05, 4.69) is 29.6 Å². The summed E-state index contributed by atoms with van der Waals surface area (Å²) in [7, 11) is 0. The third-order valence-corrected chi connectivity index (χ3v) is 3.25. The second-order valence-electron chi connectivity index (χ2n) is 4.04. The SMILES string of the molecule is CCOCC(Nc1snc(N)c1C#N)C(C)C. The van der Waals surface area contributed by atoms with Gasteiger partial charge in [0.05, 0.1) is 12.6 Å². The summed E-state index contributed by atoms with van der Waals surface area (Å²) in [6.45, 7) is 7.46. The molecule has 1 aromatic rings. The average Bonchev–Trinajstić information content (AvgIpc) is 2.64. The lowest BCUT2D eigenvalue weighted by Crippen LogP contribution is -2.30. The Morgan fingerprint density at radius 1 is 1.59 bits per heavy atom. The van der Waals surface area contributed by atoms with E-state index >= 15 is 0 Å². The fraction of sp³-hybridized carbons (Fsp3) is 0.636. The molecule has 0 aliphatic carbocycles. The normalized spacial score (nSPS) is 12.4. The van der Waals surface area contributed by atoms with Crippen molar-refractivity contribution in [3.05, 3.63) is 5.56 Å². The summed E-state index contributed by atoms with van der Waals surface area (Å²) in [5.41, 5.74) is 6.04. The molecule has 0 fully saturated rings. The summed E-state index contributed by atoms with van der Waals surface area (Å²) in [6, 6.07) is 2.22. The number of nitrogens with two attached hydrogens (primary N) is 1. The molecule has 1 heterocycles. The molecule has 1 atom stereocenters. The number of aromatic nitrogens is 1. The third-order valence-electron chi connectivity index (χ3n) is 2.45. The quantitative estimate of drug-likeness (QED) is 0.812. The van der Waals surface area contributed by atoms with E-state index in [9.17, 15) is 0 Å². The van der Waals surface area contributed by atoms with E-state index in [1.165, 1.54) is 11.5 Å². The second-order valence-corrected chi connectivity index (χ2v) is 4.81. The van der Waals surface area contributed by atoms with E-state index < -0.39 is 0 Å². The molecule has 1 unspecified atom stereocenters. The third kappa shape index (κ3) is 3.58. The number of nitriles is 1. The summed E-state index contributed by atoms with van der Waals surface area (Å²) >= 11 is 1.22. The van der Waals surface area contributed by atoms with Gasteiger partial charge in [0, 0.05) is 6.61 Å². The number of hydrogen-bond donors (Lipinski definition) is 2. The van der Waals surface area contributed by atoms with Crippen molar-refractivity contribution >= 4 is 22.4 Å². The lowest BCUT2D eigenvalue weighted by atomic mass is 10.1. The molecule has 0 radical (unpaired) electrons. The first-order chi connectivity index (χ1) is 8.10. The molecule has 0 saturated heterocycles. The van der Waals surface area contributed by atoms with Crippen LogP contribution in [-0.4, -0.2) is 23.6 Å². The first kappa shape index (κ1) is 13.7. The van der Waals surface area contributed by atoms with Crippen LogP contribution < -0.4 is 11.1 Å². The molecule has 17 heavy (non-hydrogen) atoms. The minimum atomic E-state index is 0.155. The van der Waals surface area contributed by atoms with Gasteiger partial charge in [-0.15, -0.1) is 0 Å². The molecule has 6 heteroatoms. The van der Waals surface area contributed by atoms with Crippen molar-refractivity contribution in [3.63, 3.8) is 0 Å². The Morgan fingerprint density at radius 2 is 2.29 bits per heavy atom. The molecular weight excluding hydrogens is 236 g/mol. The topological polar surface area (TPSA) is 84.0 Å². The minimum Gasteiger partial charge on any atom is -0.382 e. The van der Waals surface area contributed by atoms with Crippen LogP contribution in [0.5, 0.6) is 0 Å². The van der Waals surface area contributed by atoms with Gasteiger partial charge in [-0.2, -0.15) is 9.64 Å². The van der Waals surface area contributed by atoms with Gasteiger partial charge in [0.1, 0.15) is 16.6 Å². The summed E-state index contributed by atoms with van der Waals surface area (Å²) in [6.07, 6.45) is 0. The summed E-state index contributed by atoms with van der Waals surface area (Å²) < 4.78 is 9.39. The highest BCUT2D eigenvalue weighted by molar-refractivity contribution is 7.10. The molecule has 0 saturated carbocycles. The van der Waals surface area contributed by atoms with Crippen LogP contribution in [0.4, 0.5) is 10.8 Å². The van der Waals surface area contributed by atoms with Gasteiger partial charge in [-0.25, -0.2) is 0 Å². The van der Waals surface area contributed by atoms with Crippen LogP contribution in [0.15, 0.2) is 0 Å². The highest BCUT2D eigenvalue weighted by Crippen LogP contribution is 2.27. The maximum atomic E-state index is 8.98. The Labute approximate surface area is 106 Å². The lowest BCUT2D eigenvalue weighted by molar-refractivity contribution is 0.127. The number of nitrogens with zero attached hydrogens (tertiary/aromatic N) is 2. The molecule has 0 spiro atoms. The van der Waals surface area contributed by atoms with E-state index in [-0.39, 0.29) is 6.04 Å². The van der Waals surface area contributed by atoms with E-state index in [1.807, 2.05) is 6.92 Å². The van der Waals surface area contributed by atoms with Crippen molar-refractivity contribution in [1.82, 2.24) is 4.37 Å². The van der Waals surface area contributed by atoms with Crippen LogP contribution in [0.1, 0.15) is 26.3 Å². The predicted molar refractivity (Wildman–Crippen MR) is 70.0 cm³/mol. The molecule has 0 aliphatic heterocycles. The number of anilines is 2. The zero-order valence-electron chi connectivity index (χ0n) is 10.4. The van der Waals surface area contributed by atoms with Crippen molar-refractivity contribution in [3.8, 4) is 6.07 Å². The first-order valence-corrected chi connectivity index (χ1v) is 6.37. The van der Waals surface area contributed by atoms with Crippen molar-refractivity contribution < 1.29 is 4.74 Å². The molecule has 0 bridgehead atoms. The van der Waals surface area contributed by atoms with Gasteiger partial charge in [-0.3, -0.25) is 0 Å². The minimum absolute atomic E-state index is 0.155. The maximum Gasteiger partial charge on any atom is 0.157 e. The molecule has 0 aliphatic rings. The summed E-state index contributed by atoms with van der Waals surface area (Å²) in [5.74, 6) is 0.690. The maximum absolute atomic E-state index is 8.98. The molecule has 94 valence electrons. The Hall–Kier alpha value is -1.32. The highest BCUT2D eigenvalue weighted by Gasteiger charge is 2.18. The molecular formula is C11H18N4OS. The Bertz CT molecular complexity index is 397. The predicted octanol–water partition coefficient (Wildman–Crippen LogP) is 2.07. The van der Waals surface area contributed by atoms with E-state index in [1.54, 1.807) is 0 Å². The Kier molecular flexibility index (Phi) is 5.19. The van der Waals surface area contributed by atoms with Crippen LogP contribution in [0.2, 0.25) is 0 Å². The molecule has 5 nitrogen and oxygen atoms in total. The first-order valence-electron chi connectivity index (χ1n) is 5.59. The Morgan fingerprint density at radius 3 is 2.82 bits per heavy atom. The molecule has 0 amide bonds. The van der Waals surface area contributed by atoms with E-state index in [4.69, 9.17) is 15.7 Å². The molecule has 0 aromatic carbocycles. The van der Waals surface area contributed by atoms with Crippen LogP contribution in [-0.2, 0) is 4.74 Å². The van der Waals surface area contributed by atoms with Gasteiger partial charge in [-0.05, 0) is 24.4 Å². The fourth-order valence-electron chi connectivity index (χ4n) is 1.32. The lowest BCUT2D eigenvalue weighted by Gasteiger charge is -2.22. The smallest absolute Gasteiger partial charge is 0.157 e. The average molecular weight is 254 g/mol. The fourth-order valence-corrected chi connectivity index (χ4v) is 2.05. The monoisotopic (exact) mass is 254 g/mol. The number of nitrogen functional groups attached to an aromatic ring is 1. The van der Waals surface area contributed by atoms with Gasteiger partial charge >= 0.3 is 0 Å². The Balaban J connectivity index is 2.75. The van der Waals surface area contributed by atoms with E-state index in [0.717, 1.165) is 5.00 Å². The molecule has 1 rings (SSSR count). The van der Waals surface area contributed by atoms with Crippen LogP contribution in [0.3, 0.4) is 0 Å². The zero-order valence-corrected chi connectivity index (χ0v) is 11.2. The van der Waals surface area contributed by atoms with Gasteiger partial charge in [0.15, 0.2) is 5.82 Å². The molecule has 1 aromatic heterocycles. The van der Waals surface area contributed by atoms with Gasteiger partial charge in [0.2, 0.25) is 0 Å². The summed E-state index contributed by atoms with van der Waals surface area (Å²) in [4.78, 5) is 0. The second kappa shape index (κ2) is 6.42. The number of rotatable bonds is 6. The standard InChI is InChI=1S/C11H18N4OS/c1-4-16-6-9(7(2)3)14-11-8(5-12)10(13)15-17-11/h7,9,14H,4,6H2,1-3H3,(H2,13,15). The van der Waals surface area contributed by atoms with Crippen molar-refractivity contribution in [2.75, 3.05) is 24.3 Å². The van der Waals surface area contributed by atoms with Crippen molar-refractivity contribution in [2.45, 2.75) is 26.8 Å². The van der Waals surface area contributed by atoms with Gasteiger partial charge in [0.25, 0.3) is 0 Å².